The third kappa shape index (κ3) is 3.37. The maximum absolute atomic E-state index is 5.99. The summed E-state index contributed by atoms with van der Waals surface area (Å²) in [5, 5.41) is 3.62. The van der Waals surface area contributed by atoms with E-state index < -0.39 is 0 Å². The molecule has 3 aromatic carbocycles. The molecule has 1 N–H and O–H groups in total. The van der Waals surface area contributed by atoms with Crippen LogP contribution in [0, 0.1) is 0 Å². The van der Waals surface area contributed by atoms with E-state index in [2.05, 4.69) is 29.6 Å². The maximum Gasteiger partial charge on any atom is 0.127 e. The van der Waals surface area contributed by atoms with Gasteiger partial charge in [0.15, 0.2) is 0 Å². The van der Waals surface area contributed by atoms with Gasteiger partial charge in [-0.25, -0.2) is 0 Å². The fraction of sp³-hybridized carbons (Fsp3) is 0.182. The lowest BCUT2D eigenvalue weighted by Gasteiger charge is -2.28. The van der Waals surface area contributed by atoms with E-state index in [-0.39, 0.29) is 6.04 Å². The van der Waals surface area contributed by atoms with E-state index in [1.807, 2.05) is 48.5 Å². The highest BCUT2D eigenvalue weighted by molar-refractivity contribution is 5.45. The standard InChI is InChI=1S/C22H21NO2/c1-24-19-10-11-21-16(14-19)12-13-23-22(21)17-6-5-9-20(15-17)25-18-7-3-2-4-8-18/h2-11,14-15,22-23H,12-13H2,1H3. The average Bonchev–Trinajstić information content (AvgIpc) is 2.68. The van der Waals surface area contributed by atoms with E-state index >= 15 is 0 Å². The number of hydrogen-bond donors (Lipinski definition) is 1. The van der Waals surface area contributed by atoms with E-state index in [4.69, 9.17) is 9.47 Å². The van der Waals surface area contributed by atoms with Gasteiger partial charge in [-0.1, -0.05) is 36.4 Å². The second kappa shape index (κ2) is 6.99. The number of rotatable bonds is 4. The van der Waals surface area contributed by atoms with Crippen molar-refractivity contribution in [1.29, 1.82) is 0 Å². The first-order valence-electron chi connectivity index (χ1n) is 8.56. The minimum absolute atomic E-state index is 0.175. The topological polar surface area (TPSA) is 30.5 Å². The number of ether oxygens (including phenoxy) is 2. The summed E-state index contributed by atoms with van der Waals surface area (Å²) in [4.78, 5) is 0. The largest absolute Gasteiger partial charge is 0.497 e. The van der Waals surface area contributed by atoms with E-state index in [9.17, 15) is 0 Å². The van der Waals surface area contributed by atoms with Crippen molar-refractivity contribution >= 4 is 0 Å². The van der Waals surface area contributed by atoms with Gasteiger partial charge < -0.3 is 14.8 Å². The smallest absolute Gasteiger partial charge is 0.127 e. The van der Waals surface area contributed by atoms with Gasteiger partial charge >= 0.3 is 0 Å². The fourth-order valence-corrected chi connectivity index (χ4v) is 3.35. The number of benzene rings is 3. The summed E-state index contributed by atoms with van der Waals surface area (Å²) >= 11 is 0. The molecule has 1 aliphatic rings. The summed E-state index contributed by atoms with van der Waals surface area (Å²) in [6.07, 6.45) is 1.02. The van der Waals surface area contributed by atoms with Crippen molar-refractivity contribution in [2.24, 2.45) is 0 Å². The van der Waals surface area contributed by atoms with Crippen molar-refractivity contribution in [3.8, 4) is 17.2 Å². The van der Waals surface area contributed by atoms with Crippen LogP contribution in [-0.4, -0.2) is 13.7 Å². The normalized spacial score (nSPS) is 16.1. The van der Waals surface area contributed by atoms with E-state index in [1.165, 1.54) is 16.7 Å². The molecule has 1 unspecified atom stereocenters. The van der Waals surface area contributed by atoms with Gasteiger partial charge in [0, 0.05) is 6.54 Å². The molecule has 1 aliphatic heterocycles. The maximum atomic E-state index is 5.99. The predicted molar refractivity (Wildman–Crippen MR) is 99.5 cm³/mol. The number of nitrogens with one attached hydrogen (secondary N) is 1. The molecule has 3 aromatic rings. The molecule has 0 bridgehead atoms. The molecule has 0 spiro atoms. The molecule has 1 atom stereocenters. The van der Waals surface area contributed by atoms with Crippen LogP contribution in [0.25, 0.3) is 0 Å². The van der Waals surface area contributed by atoms with Crippen LogP contribution in [0.5, 0.6) is 17.2 Å². The fourth-order valence-electron chi connectivity index (χ4n) is 3.35. The summed E-state index contributed by atoms with van der Waals surface area (Å²) in [7, 11) is 1.71. The van der Waals surface area contributed by atoms with Gasteiger partial charge in [-0.2, -0.15) is 0 Å². The minimum Gasteiger partial charge on any atom is -0.497 e. The van der Waals surface area contributed by atoms with Gasteiger partial charge in [-0.15, -0.1) is 0 Å². The predicted octanol–water partition coefficient (Wildman–Crippen LogP) is 4.72. The second-order valence-electron chi connectivity index (χ2n) is 6.19. The van der Waals surface area contributed by atoms with Gasteiger partial charge in [0.25, 0.3) is 0 Å². The van der Waals surface area contributed by atoms with Crippen molar-refractivity contribution in [3.63, 3.8) is 0 Å². The first-order valence-corrected chi connectivity index (χ1v) is 8.56. The van der Waals surface area contributed by atoms with Crippen molar-refractivity contribution in [3.05, 3.63) is 89.5 Å². The highest BCUT2D eigenvalue weighted by atomic mass is 16.5. The summed E-state index contributed by atoms with van der Waals surface area (Å²) in [6, 6.07) is 24.7. The molecule has 4 rings (SSSR count). The highest BCUT2D eigenvalue weighted by Gasteiger charge is 2.22. The van der Waals surface area contributed by atoms with Crippen molar-refractivity contribution < 1.29 is 9.47 Å². The van der Waals surface area contributed by atoms with Crippen LogP contribution in [0.4, 0.5) is 0 Å². The lowest BCUT2D eigenvalue weighted by molar-refractivity contribution is 0.413. The van der Waals surface area contributed by atoms with Crippen LogP contribution in [0.3, 0.4) is 0 Å². The quantitative estimate of drug-likeness (QED) is 0.750. The second-order valence-corrected chi connectivity index (χ2v) is 6.19. The van der Waals surface area contributed by atoms with Gasteiger partial charge in [0.1, 0.15) is 17.2 Å². The van der Waals surface area contributed by atoms with E-state index in [1.54, 1.807) is 7.11 Å². The Morgan fingerprint density at radius 2 is 1.68 bits per heavy atom. The first-order chi connectivity index (χ1) is 12.3. The highest BCUT2D eigenvalue weighted by Crippen LogP contribution is 2.33. The molecule has 0 aliphatic carbocycles. The molecule has 126 valence electrons. The van der Waals surface area contributed by atoms with Crippen LogP contribution in [-0.2, 0) is 6.42 Å². The number of para-hydroxylation sites is 1. The monoisotopic (exact) mass is 331 g/mol. The molecule has 3 heteroatoms. The minimum atomic E-state index is 0.175. The molecule has 0 fully saturated rings. The Morgan fingerprint density at radius 3 is 2.52 bits per heavy atom. The molecule has 0 amide bonds. The van der Waals surface area contributed by atoms with Crippen LogP contribution in [0.2, 0.25) is 0 Å². The van der Waals surface area contributed by atoms with E-state index in [0.29, 0.717) is 0 Å². The molecule has 1 heterocycles. The molecular weight excluding hydrogens is 310 g/mol. The third-order valence-electron chi connectivity index (χ3n) is 4.57. The summed E-state index contributed by atoms with van der Waals surface area (Å²) < 4.78 is 11.4. The lowest BCUT2D eigenvalue weighted by atomic mass is 9.89. The number of fused-ring (bicyclic) bond motifs is 1. The summed E-state index contributed by atoms with van der Waals surface area (Å²) in [5.74, 6) is 2.62. The van der Waals surface area contributed by atoms with E-state index in [0.717, 1.165) is 30.2 Å². The van der Waals surface area contributed by atoms with Crippen LogP contribution in [0.15, 0.2) is 72.8 Å². The van der Waals surface area contributed by atoms with Crippen molar-refractivity contribution in [1.82, 2.24) is 5.32 Å². The number of hydrogen-bond acceptors (Lipinski definition) is 3. The van der Waals surface area contributed by atoms with Crippen LogP contribution >= 0.6 is 0 Å². The Labute approximate surface area is 148 Å². The van der Waals surface area contributed by atoms with Crippen molar-refractivity contribution in [2.75, 3.05) is 13.7 Å². The molecule has 3 nitrogen and oxygen atoms in total. The van der Waals surface area contributed by atoms with Gasteiger partial charge in [-0.05, 0) is 59.5 Å². The molecular formula is C22H21NO2. The zero-order chi connectivity index (χ0) is 17.1. The van der Waals surface area contributed by atoms with Crippen LogP contribution in [0.1, 0.15) is 22.7 Å². The van der Waals surface area contributed by atoms with Gasteiger partial charge in [0.2, 0.25) is 0 Å². The Kier molecular flexibility index (Phi) is 4.40. The Bertz CT molecular complexity index is 861. The molecule has 0 aromatic heterocycles. The zero-order valence-corrected chi connectivity index (χ0v) is 14.2. The number of methoxy groups -OCH3 is 1. The zero-order valence-electron chi connectivity index (χ0n) is 14.2. The summed E-state index contributed by atoms with van der Waals surface area (Å²) in [6.45, 7) is 0.953. The SMILES string of the molecule is COc1ccc2c(c1)CCNC2c1cccc(Oc2ccccc2)c1. The van der Waals surface area contributed by atoms with Gasteiger partial charge in [-0.3, -0.25) is 0 Å². The Morgan fingerprint density at radius 1 is 0.840 bits per heavy atom. The van der Waals surface area contributed by atoms with Gasteiger partial charge in [0.05, 0.1) is 13.2 Å². The molecule has 0 saturated carbocycles. The van der Waals surface area contributed by atoms with Crippen molar-refractivity contribution in [2.45, 2.75) is 12.5 Å². The molecule has 25 heavy (non-hydrogen) atoms. The molecule has 0 radical (unpaired) electrons. The third-order valence-corrected chi connectivity index (χ3v) is 4.57. The first kappa shape index (κ1) is 15.7. The average molecular weight is 331 g/mol. The van der Waals surface area contributed by atoms with Crippen LogP contribution < -0.4 is 14.8 Å². The Balaban J connectivity index is 1.64. The summed E-state index contributed by atoms with van der Waals surface area (Å²) in [5.41, 5.74) is 3.86. The Hall–Kier alpha value is -2.78. The molecule has 0 saturated heterocycles. The lowest BCUT2D eigenvalue weighted by Crippen LogP contribution is -2.30.